The van der Waals surface area contributed by atoms with Crippen LogP contribution < -0.4 is 5.32 Å². The van der Waals surface area contributed by atoms with Crippen LogP contribution in [0.4, 0.5) is 0 Å². The van der Waals surface area contributed by atoms with E-state index < -0.39 is 0 Å². The molecule has 0 bridgehead atoms. The lowest BCUT2D eigenvalue weighted by Gasteiger charge is -2.16. The summed E-state index contributed by atoms with van der Waals surface area (Å²) >= 11 is 0. The maximum absolute atomic E-state index is 12.5. The molecule has 2 aromatic carbocycles. The number of nitrogens with one attached hydrogen (secondary N) is 2. The van der Waals surface area contributed by atoms with Crippen LogP contribution in [0.1, 0.15) is 22.5 Å². The zero-order valence-electron chi connectivity index (χ0n) is 14.9. The van der Waals surface area contributed by atoms with Crippen molar-refractivity contribution in [3.8, 4) is 17.0 Å². The van der Waals surface area contributed by atoms with Crippen LogP contribution in [0.25, 0.3) is 11.3 Å². The van der Waals surface area contributed by atoms with Gasteiger partial charge in [-0.1, -0.05) is 42.5 Å². The number of carbonyl (C=O) groups excluding carboxylic acids is 1. The van der Waals surface area contributed by atoms with E-state index in [-0.39, 0.29) is 17.7 Å². The fraction of sp³-hybridized carbons (Fsp3) is 0.238. The maximum atomic E-state index is 12.5. The summed E-state index contributed by atoms with van der Waals surface area (Å²) in [6.45, 7) is 2.70. The van der Waals surface area contributed by atoms with Gasteiger partial charge in [-0.05, 0) is 30.2 Å². The number of nitrogens with zero attached hydrogens (tertiary/aromatic N) is 2. The smallest absolute Gasteiger partial charge is 0.269 e. The third-order valence-electron chi connectivity index (χ3n) is 4.86. The molecule has 0 unspecified atom stereocenters. The third-order valence-corrected chi connectivity index (χ3v) is 4.86. The molecule has 27 heavy (non-hydrogen) atoms. The van der Waals surface area contributed by atoms with Crippen molar-refractivity contribution in [2.24, 2.45) is 0 Å². The van der Waals surface area contributed by atoms with Gasteiger partial charge in [0.1, 0.15) is 11.4 Å². The number of likely N-dealkylation sites (tertiary alicyclic amines) is 1. The summed E-state index contributed by atoms with van der Waals surface area (Å²) in [5.41, 5.74) is 2.83. The van der Waals surface area contributed by atoms with Crippen molar-refractivity contribution in [1.82, 2.24) is 20.4 Å². The second-order valence-electron chi connectivity index (χ2n) is 6.86. The van der Waals surface area contributed by atoms with Gasteiger partial charge in [-0.3, -0.25) is 14.8 Å². The Morgan fingerprint density at radius 2 is 1.96 bits per heavy atom. The van der Waals surface area contributed by atoms with Crippen molar-refractivity contribution >= 4 is 5.91 Å². The summed E-state index contributed by atoms with van der Waals surface area (Å²) in [5, 5.41) is 19.9. The molecule has 1 aliphatic heterocycles. The van der Waals surface area contributed by atoms with E-state index in [0.29, 0.717) is 17.0 Å². The zero-order valence-corrected chi connectivity index (χ0v) is 14.9. The summed E-state index contributed by atoms with van der Waals surface area (Å²) in [7, 11) is 0. The molecule has 4 rings (SSSR count). The molecule has 138 valence electrons. The molecule has 0 saturated carbocycles. The summed E-state index contributed by atoms with van der Waals surface area (Å²) in [4.78, 5) is 14.9. The van der Waals surface area contributed by atoms with Crippen LogP contribution in [0.5, 0.6) is 5.75 Å². The van der Waals surface area contributed by atoms with Crippen molar-refractivity contribution in [2.45, 2.75) is 19.0 Å². The number of aromatic hydroxyl groups is 1. The predicted molar refractivity (Wildman–Crippen MR) is 103 cm³/mol. The molecule has 1 amide bonds. The van der Waals surface area contributed by atoms with Crippen LogP contribution in [0.15, 0.2) is 60.7 Å². The van der Waals surface area contributed by atoms with Gasteiger partial charge in [0.05, 0.1) is 5.69 Å². The molecule has 0 radical (unpaired) electrons. The molecule has 1 fully saturated rings. The number of benzene rings is 2. The van der Waals surface area contributed by atoms with Crippen LogP contribution in [0.3, 0.4) is 0 Å². The number of carbonyl (C=O) groups is 1. The molecule has 0 spiro atoms. The summed E-state index contributed by atoms with van der Waals surface area (Å²) in [6, 6.07) is 19.1. The molecule has 1 aliphatic rings. The lowest BCUT2D eigenvalue weighted by atomic mass is 10.1. The van der Waals surface area contributed by atoms with E-state index in [2.05, 4.69) is 32.5 Å². The van der Waals surface area contributed by atoms with Gasteiger partial charge >= 0.3 is 0 Å². The fourth-order valence-corrected chi connectivity index (χ4v) is 3.47. The molecule has 3 N–H and O–H groups in total. The monoisotopic (exact) mass is 362 g/mol. The Morgan fingerprint density at radius 3 is 2.78 bits per heavy atom. The highest BCUT2D eigenvalue weighted by Gasteiger charge is 2.25. The Bertz CT molecular complexity index is 923. The van der Waals surface area contributed by atoms with Crippen molar-refractivity contribution in [2.75, 3.05) is 13.1 Å². The molecule has 0 aliphatic carbocycles. The van der Waals surface area contributed by atoms with E-state index in [4.69, 9.17) is 0 Å². The quantitative estimate of drug-likeness (QED) is 0.652. The highest BCUT2D eigenvalue weighted by Crippen LogP contribution is 2.27. The number of rotatable bonds is 5. The van der Waals surface area contributed by atoms with Gasteiger partial charge < -0.3 is 10.4 Å². The topological polar surface area (TPSA) is 81.2 Å². The van der Waals surface area contributed by atoms with Crippen LogP contribution >= 0.6 is 0 Å². The highest BCUT2D eigenvalue weighted by atomic mass is 16.3. The fourth-order valence-electron chi connectivity index (χ4n) is 3.47. The van der Waals surface area contributed by atoms with Gasteiger partial charge in [0.2, 0.25) is 0 Å². The molecular weight excluding hydrogens is 340 g/mol. The normalized spacial score (nSPS) is 17.1. The summed E-state index contributed by atoms with van der Waals surface area (Å²) in [5.74, 6) is -0.0287. The molecular formula is C21H22N4O2. The first kappa shape index (κ1) is 17.3. The predicted octanol–water partition coefficient (Wildman–Crippen LogP) is 2.79. The number of aromatic amines is 1. The zero-order chi connectivity index (χ0) is 18.6. The minimum absolute atomic E-state index is 0.123. The van der Waals surface area contributed by atoms with Crippen molar-refractivity contribution in [3.05, 3.63) is 71.9 Å². The first-order chi connectivity index (χ1) is 13.2. The number of hydrogen-bond donors (Lipinski definition) is 3. The van der Waals surface area contributed by atoms with Gasteiger partial charge in [-0.25, -0.2) is 0 Å². The van der Waals surface area contributed by atoms with E-state index in [0.717, 1.165) is 26.1 Å². The number of phenols is 1. The standard InChI is InChI=1S/C21H22N4O2/c26-20-9-5-4-8-17(20)18-12-19(24-23-18)21(27)22-16-10-11-25(14-16)13-15-6-2-1-3-7-15/h1-9,12,16,26H,10-11,13-14H2,(H,22,27)(H,23,24)/t16-/m0/s1. The second-order valence-corrected chi connectivity index (χ2v) is 6.86. The molecule has 3 aromatic rings. The number of phenolic OH excluding ortho intramolecular Hbond substituents is 1. The molecule has 1 saturated heterocycles. The molecule has 2 heterocycles. The molecule has 6 heteroatoms. The lowest BCUT2D eigenvalue weighted by molar-refractivity contribution is 0.0932. The van der Waals surface area contributed by atoms with Gasteiger partial charge in [-0.2, -0.15) is 5.10 Å². The van der Waals surface area contributed by atoms with Gasteiger partial charge in [-0.15, -0.1) is 0 Å². The SMILES string of the molecule is O=C(N[C@H]1CCN(Cc2ccccc2)C1)c1cc(-c2ccccc2O)n[nH]1. The average molecular weight is 362 g/mol. The van der Waals surface area contributed by atoms with Crippen molar-refractivity contribution < 1.29 is 9.90 Å². The summed E-state index contributed by atoms with van der Waals surface area (Å²) < 4.78 is 0. The number of H-pyrrole nitrogens is 1. The van der Waals surface area contributed by atoms with Gasteiger partial charge in [0.25, 0.3) is 5.91 Å². The van der Waals surface area contributed by atoms with Crippen LogP contribution in [-0.2, 0) is 6.54 Å². The van der Waals surface area contributed by atoms with E-state index in [9.17, 15) is 9.90 Å². The van der Waals surface area contributed by atoms with Gasteiger partial charge in [0, 0.05) is 31.2 Å². The molecule has 1 aromatic heterocycles. The number of hydrogen-bond acceptors (Lipinski definition) is 4. The minimum atomic E-state index is -0.171. The second kappa shape index (κ2) is 7.63. The van der Waals surface area contributed by atoms with E-state index in [1.54, 1.807) is 24.3 Å². The largest absolute Gasteiger partial charge is 0.507 e. The lowest BCUT2D eigenvalue weighted by Crippen LogP contribution is -2.37. The first-order valence-electron chi connectivity index (χ1n) is 9.10. The van der Waals surface area contributed by atoms with Crippen LogP contribution in [0.2, 0.25) is 0 Å². The Hall–Kier alpha value is -3.12. The Labute approximate surface area is 157 Å². The molecule has 1 atom stereocenters. The first-order valence-corrected chi connectivity index (χ1v) is 9.10. The number of aromatic nitrogens is 2. The number of para-hydroxylation sites is 1. The van der Waals surface area contributed by atoms with E-state index in [1.807, 2.05) is 24.3 Å². The highest BCUT2D eigenvalue weighted by molar-refractivity contribution is 5.93. The van der Waals surface area contributed by atoms with Crippen molar-refractivity contribution in [3.63, 3.8) is 0 Å². The summed E-state index contributed by atoms with van der Waals surface area (Å²) in [6.07, 6.45) is 0.930. The minimum Gasteiger partial charge on any atom is -0.507 e. The van der Waals surface area contributed by atoms with Crippen LogP contribution in [-0.4, -0.2) is 45.2 Å². The van der Waals surface area contributed by atoms with E-state index in [1.165, 1.54) is 5.56 Å². The third kappa shape index (κ3) is 4.01. The van der Waals surface area contributed by atoms with Gasteiger partial charge in [0.15, 0.2) is 0 Å². The Kier molecular flexibility index (Phi) is 4.89. The maximum Gasteiger partial charge on any atom is 0.269 e. The Balaban J connectivity index is 1.35. The molecule has 6 nitrogen and oxygen atoms in total. The number of amides is 1. The van der Waals surface area contributed by atoms with Crippen molar-refractivity contribution in [1.29, 1.82) is 0 Å². The van der Waals surface area contributed by atoms with E-state index >= 15 is 0 Å². The Morgan fingerprint density at radius 1 is 1.19 bits per heavy atom. The average Bonchev–Trinajstić information content (AvgIpc) is 3.33. The van der Waals surface area contributed by atoms with Crippen LogP contribution in [0, 0.1) is 0 Å².